The van der Waals surface area contributed by atoms with Gasteiger partial charge in [-0.15, -0.1) is 0 Å². The van der Waals surface area contributed by atoms with Gasteiger partial charge in [0.2, 0.25) is 5.91 Å². The molecule has 1 amide bonds. The molecule has 1 N–H and O–H groups in total. The standard InChI is InChI=1S/C21H33N3O2/c1-16(22-5)7-6-8-17-11-19(14-23-13-17)26-18-9-10-24(15-18)20(25)12-21(2,3)4/h6,8,11,13-14,16,18,22H,7,9-10,12,15H2,1-5H3/t16-,18-/m0/s1. The lowest BCUT2D eigenvalue weighted by Crippen LogP contribution is -2.33. The Hall–Kier alpha value is -1.88. The van der Waals surface area contributed by atoms with Gasteiger partial charge in [-0.25, -0.2) is 0 Å². The number of carbonyl (C=O) groups is 1. The van der Waals surface area contributed by atoms with E-state index in [0.717, 1.165) is 30.7 Å². The summed E-state index contributed by atoms with van der Waals surface area (Å²) in [5, 5.41) is 3.21. The number of amides is 1. The van der Waals surface area contributed by atoms with Gasteiger partial charge in [-0.3, -0.25) is 9.78 Å². The maximum Gasteiger partial charge on any atom is 0.223 e. The molecule has 1 saturated heterocycles. The predicted octanol–water partition coefficient (Wildman–Crippen LogP) is 3.51. The first kappa shape index (κ1) is 20.4. The maximum absolute atomic E-state index is 12.4. The molecule has 0 saturated carbocycles. The molecule has 0 aromatic carbocycles. The number of rotatable bonds is 7. The summed E-state index contributed by atoms with van der Waals surface area (Å²) in [6.45, 7) is 9.86. The number of hydrogen-bond donors (Lipinski definition) is 1. The molecule has 1 fully saturated rings. The molecular weight excluding hydrogens is 326 g/mol. The van der Waals surface area contributed by atoms with Crippen LogP contribution in [0.25, 0.3) is 6.08 Å². The van der Waals surface area contributed by atoms with E-state index in [1.807, 2.05) is 24.2 Å². The second-order valence-electron chi connectivity index (χ2n) is 8.39. The van der Waals surface area contributed by atoms with Gasteiger partial charge in [0, 0.05) is 31.6 Å². The van der Waals surface area contributed by atoms with Crippen molar-refractivity contribution >= 4 is 12.0 Å². The largest absolute Gasteiger partial charge is 0.487 e. The van der Waals surface area contributed by atoms with Crippen LogP contribution in [-0.2, 0) is 4.79 Å². The Balaban J connectivity index is 1.88. The van der Waals surface area contributed by atoms with Crippen molar-refractivity contribution in [1.82, 2.24) is 15.2 Å². The minimum absolute atomic E-state index is 0.0193. The third-order valence-corrected chi connectivity index (χ3v) is 4.51. The quantitative estimate of drug-likeness (QED) is 0.809. The molecule has 2 atom stereocenters. The maximum atomic E-state index is 12.4. The lowest BCUT2D eigenvalue weighted by atomic mass is 9.92. The summed E-state index contributed by atoms with van der Waals surface area (Å²) in [5.74, 6) is 0.987. The fourth-order valence-electron chi connectivity index (χ4n) is 2.93. The SMILES string of the molecule is CN[C@@H](C)CC=Cc1cncc(O[C@H]2CCN(C(=O)CC(C)(C)C)C2)c1. The van der Waals surface area contributed by atoms with Crippen molar-refractivity contribution in [2.75, 3.05) is 20.1 Å². The monoisotopic (exact) mass is 359 g/mol. The highest BCUT2D eigenvalue weighted by Crippen LogP contribution is 2.24. The molecule has 0 aliphatic carbocycles. The molecule has 1 aliphatic heterocycles. The van der Waals surface area contributed by atoms with Gasteiger partial charge in [0.25, 0.3) is 0 Å². The van der Waals surface area contributed by atoms with E-state index in [1.165, 1.54) is 0 Å². The number of pyridine rings is 1. The van der Waals surface area contributed by atoms with Crippen LogP contribution < -0.4 is 10.1 Å². The highest BCUT2D eigenvalue weighted by molar-refractivity contribution is 5.77. The molecular formula is C21H33N3O2. The van der Waals surface area contributed by atoms with Crippen molar-refractivity contribution in [3.8, 4) is 5.75 Å². The highest BCUT2D eigenvalue weighted by atomic mass is 16.5. The molecule has 0 radical (unpaired) electrons. The highest BCUT2D eigenvalue weighted by Gasteiger charge is 2.29. The van der Waals surface area contributed by atoms with Gasteiger partial charge in [-0.1, -0.05) is 32.9 Å². The number of ether oxygens (including phenoxy) is 1. The van der Waals surface area contributed by atoms with Gasteiger partial charge in [0.15, 0.2) is 0 Å². The minimum Gasteiger partial charge on any atom is -0.487 e. The van der Waals surface area contributed by atoms with Crippen LogP contribution >= 0.6 is 0 Å². The Morgan fingerprint density at radius 2 is 2.23 bits per heavy atom. The molecule has 5 heteroatoms. The van der Waals surface area contributed by atoms with Gasteiger partial charge in [-0.2, -0.15) is 0 Å². The molecule has 1 aliphatic rings. The first-order valence-electron chi connectivity index (χ1n) is 9.50. The Kier molecular flexibility index (Phi) is 7.21. The molecule has 0 bridgehead atoms. The number of nitrogens with zero attached hydrogens (tertiary/aromatic N) is 2. The summed E-state index contributed by atoms with van der Waals surface area (Å²) >= 11 is 0. The van der Waals surface area contributed by atoms with E-state index in [-0.39, 0.29) is 17.4 Å². The van der Waals surface area contributed by atoms with Gasteiger partial charge >= 0.3 is 0 Å². The lowest BCUT2D eigenvalue weighted by Gasteiger charge is -2.23. The second-order valence-corrected chi connectivity index (χ2v) is 8.39. The van der Waals surface area contributed by atoms with E-state index >= 15 is 0 Å². The zero-order valence-corrected chi connectivity index (χ0v) is 16.8. The van der Waals surface area contributed by atoms with Crippen molar-refractivity contribution < 1.29 is 9.53 Å². The van der Waals surface area contributed by atoms with Gasteiger partial charge < -0.3 is 15.0 Å². The van der Waals surface area contributed by atoms with Crippen LogP contribution in [0.5, 0.6) is 5.75 Å². The lowest BCUT2D eigenvalue weighted by molar-refractivity contribution is -0.132. The van der Waals surface area contributed by atoms with Crippen LogP contribution in [0.1, 0.15) is 52.5 Å². The predicted molar refractivity (Wildman–Crippen MR) is 106 cm³/mol. The van der Waals surface area contributed by atoms with Gasteiger partial charge in [0.05, 0.1) is 12.7 Å². The fraction of sp³-hybridized carbons (Fsp3) is 0.619. The Labute approximate surface area is 157 Å². The summed E-state index contributed by atoms with van der Waals surface area (Å²) in [6, 6.07) is 2.46. The Morgan fingerprint density at radius 3 is 2.92 bits per heavy atom. The summed E-state index contributed by atoms with van der Waals surface area (Å²) in [6.07, 6.45) is 10.3. The van der Waals surface area contributed by atoms with Crippen molar-refractivity contribution in [2.45, 2.75) is 59.1 Å². The van der Waals surface area contributed by atoms with Crippen molar-refractivity contribution in [1.29, 1.82) is 0 Å². The molecule has 5 nitrogen and oxygen atoms in total. The van der Waals surface area contributed by atoms with Crippen LogP contribution in [0.3, 0.4) is 0 Å². The minimum atomic E-state index is 0.0193. The molecule has 144 valence electrons. The van der Waals surface area contributed by atoms with Gasteiger partial charge in [0.1, 0.15) is 11.9 Å². The molecule has 0 unspecified atom stereocenters. The van der Waals surface area contributed by atoms with Crippen LogP contribution in [0.2, 0.25) is 0 Å². The van der Waals surface area contributed by atoms with Crippen molar-refractivity contribution in [3.63, 3.8) is 0 Å². The van der Waals surface area contributed by atoms with Crippen LogP contribution in [0.4, 0.5) is 0 Å². The summed E-state index contributed by atoms with van der Waals surface area (Å²) < 4.78 is 6.07. The van der Waals surface area contributed by atoms with E-state index < -0.39 is 0 Å². The van der Waals surface area contributed by atoms with Gasteiger partial charge in [-0.05, 0) is 37.4 Å². The first-order chi connectivity index (χ1) is 12.3. The molecule has 26 heavy (non-hydrogen) atoms. The van der Waals surface area contributed by atoms with Crippen LogP contribution in [0.15, 0.2) is 24.5 Å². The Morgan fingerprint density at radius 1 is 1.46 bits per heavy atom. The fourth-order valence-corrected chi connectivity index (χ4v) is 2.93. The third kappa shape index (κ3) is 6.79. The van der Waals surface area contributed by atoms with E-state index in [9.17, 15) is 4.79 Å². The number of likely N-dealkylation sites (tertiary alicyclic amines) is 1. The summed E-state index contributed by atoms with van der Waals surface area (Å²) in [7, 11) is 1.96. The first-order valence-corrected chi connectivity index (χ1v) is 9.50. The Bertz CT molecular complexity index is 622. The summed E-state index contributed by atoms with van der Waals surface area (Å²) in [4.78, 5) is 18.6. The average molecular weight is 360 g/mol. The average Bonchev–Trinajstić information content (AvgIpc) is 3.02. The number of nitrogens with one attached hydrogen (secondary N) is 1. The van der Waals surface area contributed by atoms with E-state index in [2.05, 4.69) is 50.1 Å². The third-order valence-electron chi connectivity index (χ3n) is 4.51. The number of hydrogen-bond acceptors (Lipinski definition) is 4. The van der Waals surface area contributed by atoms with Crippen LogP contribution in [-0.4, -0.2) is 48.1 Å². The number of carbonyl (C=O) groups excluding carboxylic acids is 1. The molecule has 1 aromatic rings. The van der Waals surface area contributed by atoms with Crippen molar-refractivity contribution in [3.05, 3.63) is 30.1 Å². The number of aromatic nitrogens is 1. The summed E-state index contributed by atoms with van der Waals surface area (Å²) in [5.41, 5.74) is 1.05. The smallest absolute Gasteiger partial charge is 0.223 e. The van der Waals surface area contributed by atoms with E-state index in [4.69, 9.17) is 4.74 Å². The molecule has 2 rings (SSSR count). The molecule has 0 spiro atoms. The van der Waals surface area contributed by atoms with Crippen molar-refractivity contribution in [2.24, 2.45) is 5.41 Å². The van der Waals surface area contributed by atoms with E-state index in [0.29, 0.717) is 19.0 Å². The zero-order valence-electron chi connectivity index (χ0n) is 16.8. The van der Waals surface area contributed by atoms with Crippen LogP contribution in [0, 0.1) is 5.41 Å². The molecule has 1 aromatic heterocycles. The topological polar surface area (TPSA) is 54.5 Å². The van der Waals surface area contributed by atoms with E-state index in [1.54, 1.807) is 6.20 Å². The normalized spacial score (nSPS) is 19.1. The second kappa shape index (κ2) is 9.17. The molecule has 2 heterocycles. The zero-order chi connectivity index (χ0) is 19.2.